The van der Waals surface area contributed by atoms with Crippen molar-refractivity contribution in [3.05, 3.63) is 22.4 Å². The van der Waals surface area contributed by atoms with Crippen molar-refractivity contribution in [2.75, 3.05) is 26.8 Å². The van der Waals surface area contributed by atoms with Crippen LogP contribution in [0, 0.1) is 0 Å². The standard InChI is InChI=1S/C14H25NO2S/c1-5-16-14(17-6-2)11-15(4)12(3)10-13-8-7-9-18-13/h7-9,12,14H,5-6,10-11H2,1-4H3. The van der Waals surface area contributed by atoms with Gasteiger partial charge in [0.2, 0.25) is 0 Å². The van der Waals surface area contributed by atoms with Crippen LogP contribution in [0.5, 0.6) is 0 Å². The topological polar surface area (TPSA) is 21.7 Å². The second-order valence-corrected chi connectivity index (χ2v) is 5.44. The summed E-state index contributed by atoms with van der Waals surface area (Å²) >= 11 is 1.82. The summed E-state index contributed by atoms with van der Waals surface area (Å²) in [5.74, 6) is 0. The molecule has 0 N–H and O–H groups in total. The largest absolute Gasteiger partial charge is 0.352 e. The molecule has 0 saturated heterocycles. The average molecular weight is 271 g/mol. The molecule has 4 heteroatoms. The summed E-state index contributed by atoms with van der Waals surface area (Å²) in [6, 6.07) is 4.79. The van der Waals surface area contributed by atoms with Crippen LogP contribution in [0.1, 0.15) is 25.6 Å². The minimum Gasteiger partial charge on any atom is -0.352 e. The summed E-state index contributed by atoms with van der Waals surface area (Å²) in [5, 5.41) is 2.13. The molecule has 0 bridgehead atoms. The monoisotopic (exact) mass is 271 g/mol. The number of likely N-dealkylation sites (N-methyl/N-ethyl adjacent to an activating group) is 1. The third kappa shape index (κ3) is 5.48. The lowest BCUT2D eigenvalue weighted by atomic mass is 10.2. The Kier molecular flexibility index (Phi) is 7.51. The molecule has 0 radical (unpaired) electrons. The summed E-state index contributed by atoms with van der Waals surface area (Å²) in [6.45, 7) is 8.45. The fourth-order valence-electron chi connectivity index (χ4n) is 1.82. The Morgan fingerprint density at radius 2 is 1.94 bits per heavy atom. The lowest BCUT2D eigenvalue weighted by Crippen LogP contribution is -2.39. The summed E-state index contributed by atoms with van der Waals surface area (Å²) in [5.41, 5.74) is 0. The third-order valence-electron chi connectivity index (χ3n) is 2.97. The van der Waals surface area contributed by atoms with E-state index in [4.69, 9.17) is 9.47 Å². The fourth-order valence-corrected chi connectivity index (χ4v) is 2.64. The zero-order valence-electron chi connectivity index (χ0n) is 11.9. The van der Waals surface area contributed by atoms with Crippen LogP contribution < -0.4 is 0 Å². The Labute approximate surface area is 115 Å². The lowest BCUT2D eigenvalue weighted by molar-refractivity contribution is -0.147. The molecule has 0 aliphatic carbocycles. The molecule has 3 nitrogen and oxygen atoms in total. The summed E-state index contributed by atoms with van der Waals surface area (Å²) < 4.78 is 11.2. The minimum absolute atomic E-state index is 0.115. The van der Waals surface area contributed by atoms with Crippen molar-refractivity contribution in [2.24, 2.45) is 0 Å². The van der Waals surface area contributed by atoms with Crippen LogP contribution in [0.3, 0.4) is 0 Å². The van der Waals surface area contributed by atoms with E-state index in [1.54, 1.807) is 0 Å². The SMILES string of the molecule is CCOC(CN(C)C(C)Cc1cccs1)OCC. The van der Waals surface area contributed by atoms with Gasteiger partial charge in [-0.2, -0.15) is 0 Å². The highest BCUT2D eigenvalue weighted by Crippen LogP contribution is 2.14. The van der Waals surface area contributed by atoms with Gasteiger partial charge >= 0.3 is 0 Å². The van der Waals surface area contributed by atoms with Crippen LogP contribution in [-0.2, 0) is 15.9 Å². The van der Waals surface area contributed by atoms with Gasteiger partial charge in [0.1, 0.15) is 0 Å². The van der Waals surface area contributed by atoms with Crippen LogP contribution in [0.4, 0.5) is 0 Å². The molecule has 1 heterocycles. The molecule has 18 heavy (non-hydrogen) atoms. The molecule has 0 aliphatic rings. The maximum atomic E-state index is 5.58. The predicted octanol–water partition coefficient (Wildman–Crippen LogP) is 3.01. The summed E-state index contributed by atoms with van der Waals surface area (Å²) in [4.78, 5) is 3.73. The maximum absolute atomic E-state index is 5.58. The maximum Gasteiger partial charge on any atom is 0.170 e. The van der Waals surface area contributed by atoms with E-state index < -0.39 is 0 Å². The Bertz CT molecular complexity index is 297. The molecular formula is C14H25NO2S. The first kappa shape index (κ1) is 15.6. The third-order valence-corrected chi connectivity index (χ3v) is 3.87. The van der Waals surface area contributed by atoms with Gasteiger partial charge in [-0.25, -0.2) is 0 Å². The molecule has 1 unspecified atom stereocenters. The Balaban J connectivity index is 2.39. The van der Waals surface area contributed by atoms with E-state index in [0.29, 0.717) is 19.3 Å². The lowest BCUT2D eigenvalue weighted by Gasteiger charge is -2.28. The van der Waals surface area contributed by atoms with Gasteiger partial charge in [-0.05, 0) is 45.7 Å². The van der Waals surface area contributed by atoms with E-state index in [9.17, 15) is 0 Å². The summed E-state index contributed by atoms with van der Waals surface area (Å²) in [7, 11) is 2.13. The highest BCUT2D eigenvalue weighted by Gasteiger charge is 2.16. The van der Waals surface area contributed by atoms with E-state index in [2.05, 4.69) is 36.4 Å². The van der Waals surface area contributed by atoms with Gasteiger partial charge in [0.25, 0.3) is 0 Å². The van der Waals surface area contributed by atoms with E-state index in [1.165, 1.54) is 4.88 Å². The van der Waals surface area contributed by atoms with Crippen LogP contribution in [-0.4, -0.2) is 44.0 Å². The first-order chi connectivity index (χ1) is 8.67. The van der Waals surface area contributed by atoms with Crippen molar-refractivity contribution >= 4 is 11.3 Å². The summed E-state index contributed by atoms with van der Waals surface area (Å²) in [6.07, 6.45) is 0.967. The number of thiophene rings is 1. The molecule has 0 spiro atoms. The highest BCUT2D eigenvalue weighted by atomic mass is 32.1. The van der Waals surface area contributed by atoms with Gasteiger partial charge in [0.05, 0.1) is 0 Å². The van der Waals surface area contributed by atoms with Gasteiger partial charge in [-0.3, -0.25) is 4.90 Å². The van der Waals surface area contributed by atoms with E-state index >= 15 is 0 Å². The van der Waals surface area contributed by atoms with Crippen LogP contribution in [0.15, 0.2) is 17.5 Å². The highest BCUT2D eigenvalue weighted by molar-refractivity contribution is 7.09. The van der Waals surface area contributed by atoms with Crippen LogP contribution in [0.25, 0.3) is 0 Å². The van der Waals surface area contributed by atoms with Crippen molar-refractivity contribution in [1.29, 1.82) is 0 Å². The van der Waals surface area contributed by atoms with Crippen LogP contribution in [0.2, 0.25) is 0 Å². The van der Waals surface area contributed by atoms with Gasteiger partial charge in [-0.1, -0.05) is 6.07 Å². The normalized spacial score (nSPS) is 13.4. The number of nitrogens with zero attached hydrogens (tertiary/aromatic N) is 1. The Morgan fingerprint density at radius 3 is 2.44 bits per heavy atom. The van der Waals surface area contributed by atoms with E-state index in [0.717, 1.165) is 13.0 Å². The van der Waals surface area contributed by atoms with Crippen molar-refractivity contribution in [2.45, 2.75) is 39.5 Å². The molecule has 1 rings (SSSR count). The zero-order chi connectivity index (χ0) is 13.4. The smallest absolute Gasteiger partial charge is 0.170 e. The van der Waals surface area contributed by atoms with Crippen molar-refractivity contribution in [3.63, 3.8) is 0 Å². The molecule has 1 aromatic heterocycles. The molecular weight excluding hydrogens is 246 g/mol. The first-order valence-corrected chi connectivity index (χ1v) is 7.51. The molecule has 1 aromatic rings. The van der Waals surface area contributed by atoms with Gasteiger partial charge in [-0.15, -0.1) is 11.3 Å². The average Bonchev–Trinajstić information content (AvgIpc) is 2.82. The molecule has 1 atom stereocenters. The number of rotatable bonds is 9. The Hall–Kier alpha value is -0.420. The molecule has 0 amide bonds. The van der Waals surface area contributed by atoms with Gasteiger partial charge < -0.3 is 9.47 Å². The molecule has 104 valence electrons. The predicted molar refractivity (Wildman–Crippen MR) is 77.2 cm³/mol. The Morgan fingerprint density at radius 1 is 1.28 bits per heavy atom. The van der Waals surface area contributed by atoms with Crippen LogP contribution >= 0.6 is 11.3 Å². The van der Waals surface area contributed by atoms with Gasteiger partial charge in [0, 0.05) is 30.7 Å². The molecule has 0 saturated carbocycles. The number of hydrogen-bond acceptors (Lipinski definition) is 4. The van der Waals surface area contributed by atoms with E-state index in [-0.39, 0.29) is 6.29 Å². The van der Waals surface area contributed by atoms with E-state index in [1.807, 2.05) is 25.2 Å². The molecule has 0 fully saturated rings. The second kappa shape index (κ2) is 8.64. The number of ether oxygens (including phenoxy) is 2. The van der Waals surface area contributed by atoms with Crippen molar-refractivity contribution in [3.8, 4) is 0 Å². The molecule has 0 aromatic carbocycles. The van der Waals surface area contributed by atoms with Crippen molar-refractivity contribution in [1.82, 2.24) is 4.90 Å². The van der Waals surface area contributed by atoms with Crippen molar-refractivity contribution < 1.29 is 9.47 Å². The van der Waals surface area contributed by atoms with Gasteiger partial charge in [0.15, 0.2) is 6.29 Å². The second-order valence-electron chi connectivity index (χ2n) is 4.41. The zero-order valence-corrected chi connectivity index (χ0v) is 12.7. The first-order valence-electron chi connectivity index (χ1n) is 6.63. The quantitative estimate of drug-likeness (QED) is 0.644. The fraction of sp³-hybridized carbons (Fsp3) is 0.714. The number of hydrogen-bond donors (Lipinski definition) is 0. The molecule has 0 aliphatic heterocycles. The minimum atomic E-state index is -0.115.